The lowest BCUT2D eigenvalue weighted by atomic mass is 9.33. The molecule has 7 aliphatic carbocycles. The Morgan fingerprint density at radius 2 is 1.53 bits per heavy atom. The Hall–Kier alpha value is -3.88. The number of hydrogen-bond acceptors (Lipinski definition) is 11. The molecule has 0 aliphatic heterocycles. The number of amides is 2. The van der Waals surface area contributed by atoms with Crippen LogP contribution in [-0.4, -0.2) is 75.8 Å². The van der Waals surface area contributed by atoms with Crippen molar-refractivity contribution in [3.63, 3.8) is 0 Å². The zero-order valence-corrected chi connectivity index (χ0v) is 45.7. The van der Waals surface area contributed by atoms with Gasteiger partial charge in [-0.3, -0.25) is 37.5 Å². The summed E-state index contributed by atoms with van der Waals surface area (Å²) in [5, 5.41) is 21.5. The molecule has 10 atom stereocenters. The molecular formula is C55H76ClN4O11P. The van der Waals surface area contributed by atoms with Crippen LogP contribution in [-0.2, 0) is 48.8 Å². The van der Waals surface area contributed by atoms with Crippen LogP contribution in [0.25, 0.3) is 11.3 Å². The highest BCUT2D eigenvalue weighted by Gasteiger charge is 2.71. The predicted octanol–water partition coefficient (Wildman–Crippen LogP) is 10.7. The maximum absolute atomic E-state index is 15.2. The van der Waals surface area contributed by atoms with Crippen molar-refractivity contribution in [2.45, 2.75) is 170 Å². The predicted molar refractivity (Wildman–Crippen MR) is 270 cm³/mol. The highest BCUT2D eigenvalue weighted by Crippen LogP contribution is 2.76. The van der Waals surface area contributed by atoms with Crippen molar-refractivity contribution in [3.05, 3.63) is 52.2 Å². The summed E-state index contributed by atoms with van der Waals surface area (Å²) in [6, 6.07) is 8.55. The van der Waals surface area contributed by atoms with E-state index in [1.54, 1.807) is 30.3 Å². The number of benzene rings is 1. The second-order valence-corrected chi connectivity index (χ2v) is 27.2. The maximum Gasteiger partial charge on any atom is 0.476 e. The van der Waals surface area contributed by atoms with Crippen LogP contribution in [0.5, 0.6) is 0 Å². The lowest BCUT2D eigenvalue weighted by Crippen LogP contribution is -2.70. The molecule has 72 heavy (non-hydrogen) atoms. The lowest BCUT2D eigenvalue weighted by Gasteiger charge is -2.72. The summed E-state index contributed by atoms with van der Waals surface area (Å²) in [6.07, 6.45) is 8.71. The molecule has 0 bridgehead atoms. The molecule has 3 N–H and O–H groups in total. The SMILES string of the molecule is COP(=O)(OC)OCn1nc(-c2ccc(Cl)cc2)cc1C(=O)NC1(C(=O)N[C@@]23CC[C@]4(C)[C@H](CC[C@@H]5[C@@]6(C)CC[C@H](OC(=O)[C@H]7C[C@@H](C(=O)O)C7(C)C)C(C)(C)[C@@H]6CC[C@]54C)C2=C(C(C)C)C(=O)C3)CCC1. The Kier molecular flexibility index (Phi) is 13.4. The van der Waals surface area contributed by atoms with Gasteiger partial charge in [0, 0.05) is 36.6 Å². The number of ketones is 1. The zero-order chi connectivity index (χ0) is 52.4. The fourth-order valence-corrected chi connectivity index (χ4v) is 17.0. The van der Waals surface area contributed by atoms with Gasteiger partial charge in [-0.25, -0.2) is 9.25 Å². The molecule has 0 unspecified atom stereocenters. The Labute approximate surface area is 429 Å². The van der Waals surface area contributed by atoms with Crippen LogP contribution in [0.4, 0.5) is 0 Å². The van der Waals surface area contributed by atoms with Gasteiger partial charge in [-0.05, 0) is 152 Å². The Morgan fingerprint density at radius 1 is 0.847 bits per heavy atom. The first kappa shape index (κ1) is 53.0. The summed E-state index contributed by atoms with van der Waals surface area (Å²) in [7, 11) is -1.57. The highest BCUT2D eigenvalue weighted by atomic mass is 35.5. The number of phosphoric ester groups is 1. The molecule has 0 saturated heterocycles. The molecule has 1 aromatic carbocycles. The molecule has 1 heterocycles. The molecule has 15 nitrogen and oxygen atoms in total. The van der Waals surface area contributed by atoms with E-state index in [2.05, 4.69) is 64.2 Å². The second kappa shape index (κ2) is 18.2. The van der Waals surface area contributed by atoms with Crippen LogP contribution in [0.15, 0.2) is 41.5 Å². The number of aromatic nitrogens is 2. The average Bonchev–Trinajstić information content (AvgIpc) is 3.86. The van der Waals surface area contributed by atoms with Crippen LogP contribution < -0.4 is 10.6 Å². The number of phosphoric acid groups is 1. The van der Waals surface area contributed by atoms with Gasteiger partial charge >= 0.3 is 19.8 Å². The number of carbonyl (C=O) groups is 5. The number of rotatable bonds is 14. The van der Waals surface area contributed by atoms with E-state index in [4.69, 9.17) is 29.9 Å². The van der Waals surface area contributed by atoms with Crippen molar-refractivity contribution >= 4 is 49.0 Å². The Bertz CT molecular complexity index is 2630. The number of halogens is 1. The first-order chi connectivity index (χ1) is 33.7. The third kappa shape index (κ3) is 8.09. The number of nitrogens with one attached hydrogen (secondary N) is 2. The first-order valence-electron chi connectivity index (χ1n) is 26.2. The first-order valence-corrected chi connectivity index (χ1v) is 28.1. The largest absolute Gasteiger partial charge is 0.481 e. The van der Waals surface area contributed by atoms with Gasteiger partial charge in [-0.2, -0.15) is 5.10 Å². The molecule has 0 spiro atoms. The van der Waals surface area contributed by atoms with Crippen LogP contribution in [0.1, 0.15) is 156 Å². The highest BCUT2D eigenvalue weighted by molar-refractivity contribution is 7.48. The average molecular weight is 1040 g/mol. The third-order valence-electron chi connectivity index (χ3n) is 20.8. The fourth-order valence-electron chi connectivity index (χ4n) is 16.2. The number of fused-ring (bicyclic) bond motifs is 7. The van der Waals surface area contributed by atoms with E-state index < -0.39 is 54.8 Å². The van der Waals surface area contributed by atoms with E-state index in [1.165, 1.54) is 18.9 Å². The van der Waals surface area contributed by atoms with Crippen molar-refractivity contribution in [2.24, 2.45) is 62.6 Å². The number of nitrogens with zero attached hydrogens (tertiary/aromatic N) is 2. The normalized spacial score (nSPS) is 35.2. The summed E-state index contributed by atoms with van der Waals surface area (Å²) in [5.74, 6) is -2.20. The van der Waals surface area contributed by atoms with Gasteiger partial charge in [-0.1, -0.05) is 86.0 Å². The molecule has 6 saturated carbocycles. The van der Waals surface area contributed by atoms with Crippen molar-refractivity contribution < 1.29 is 52.0 Å². The summed E-state index contributed by atoms with van der Waals surface area (Å²) in [6.45, 7) is 19.5. The Morgan fingerprint density at radius 3 is 2.12 bits per heavy atom. The van der Waals surface area contributed by atoms with E-state index in [9.17, 15) is 28.8 Å². The number of esters is 1. The smallest absolute Gasteiger partial charge is 0.476 e. The standard InChI is InChI=1S/C55H76ClN4O11P/c1-31(2)43-39(61)29-55(58-48(66)54(21-12-22-54)57-45(62)38-28-37(32-13-15-33(56)16-14-32)59-60(38)30-70-72(67,68-10)69-11)26-25-52(8)34(44(43)55)17-18-41-51(7)23-20-42(50(5,6)40(51)19-24-53(41,52)9)71-47(65)36-27-35(46(63)64)49(36,3)4/h13-16,28,31,34-36,40-42H,12,17-27,29-30H2,1-11H3,(H,57,62)(H,58,66)(H,63,64)/t34-,35+,36-,40+,41-,42+,51+,52-,53-,55-/m1/s1. The van der Waals surface area contributed by atoms with Gasteiger partial charge in [-0.15, -0.1) is 0 Å². The zero-order valence-electron chi connectivity index (χ0n) is 44.1. The molecule has 6 fully saturated rings. The van der Waals surface area contributed by atoms with Gasteiger partial charge < -0.3 is 20.5 Å². The van der Waals surface area contributed by atoms with E-state index in [-0.39, 0.29) is 69.4 Å². The molecule has 0 radical (unpaired) electrons. The van der Waals surface area contributed by atoms with E-state index >= 15 is 4.79 Å². The monoisotopic (exact) mass is 1030 g/mol. The van der Waals surface area contributed by atoms with E-state index in [0.29, 0.717) is 53.8 Å². The van der Waals surface area contributed by atoms with Crippen LogP contribution in [0.3, 0.4) is 0 Å². The summed E-state index contributed by atoms with van der Waals surface area (Å²) >= 11 is 6.18. The minimum atomic E-state index is -3.96. The van der Waals surface area contributed by atoms with Gasteiger partial charge in [0.15, 0.2) is 12.5 Å². The number of carboxylic acids is 1. The number of carbonyl (C=O) groups excluding carboxylic acids is 4. The van der Waals surface area contributed by atoms with Gasteiger partial charge in [0.05, 0.1) is 23.1 Å². The molecule has 17 heteroatoms. The van der Waals surface area contributed by atoms with E-state index in [0.717, 1.165) is 62.5 Å². The summed E-state index contributed by atoms with van der Waals surface area (Å²) in [5.41, 5.74) is -0.269. The number of aliphatic carboxylic acids is 1. The van der Waals surface area contributed by atoms with Crippen LogP contribution >= 0.6 is 19.4 Å². The lowest BCUT2D eigenvalue weighted by molar-refractivity contribution is -0.235. The van der Waals surface area contributed by atoms with Crippen molar-refractivity contribution in [3.8, 4) is 11.3 Å². The summed E-state index contributed by atoms with van der Waals surface area (Å²) < 4.78 is 36.1. The molecule has 394 valence electrons. The van der Waals surface area contributed by atoms with Gasteiger partial charge in [0.1, 0.15) is 17.3 Å². The topological polar surface area (TPSA) is 201 Å². The number of allylic oxidation sites excluding steroid dienone is 1. The van der Waals surface area contributed by atoms with Gasteiger partial charge in [0.25, 0.3) is 5.91 Å². The molecular weight excluding hydrogens is 959 g/mol. The fraction of sp³-hybridized carbons (Fsp3) is 0.709. The van der Waals surface area contributed by atoms with Crippen molar-refractivity contribution in [2.75, 3.05) is 14.2 Å². The van der Waals surface area contributed by atoms with Gasteiger partial charge in [0.2, 0.25) is 5.91 Å². The number of ether oxygens (including phenoxy) is 1. The van der Waals surface area contributed by atoms with Crippen LogP contribution in [0.2, 0.25) is 5.02 Å². The number of hydrogen-bond donors (Lipinski definition) is 3. The molecule has 9 rings (SSSR count). The third-order valence-corrected chi connectivity index (χ3v) is 22.3. The number of Topliss-reactive ketones (excluding diaryl/α,β-unsaturated/α-hetero) is 1. The van der Waals surface area contributed by atoms with Crippen molar-refractivity contribution in [1.29, 1.82) is 0 Å². The number of carboxylic acid groups (broad SMARTS) is 1. The van der Waals surface area contributed by atoms with E-state index in [1.807, 2.05) is 13.8 Å². The minimum absolute atomic E-state index is 0.0276. The molecule has 7 aliphatic rings. The Balaban J connectivity index is 0.962. The van der Waals surface area contributed by atoms with Crippen LogP contribution in [0, 0.1) is 62.6 Å². The van der Waals surface area contributed by atoms with Crippen molar-refractivity contribution in [1.82, 2.24) is 20.4 Å². The maximum atomic E-state index is 15.2. The molecule has 2 amide bonds. The summed E-state index contributed by atoms with van der Waals surface area (Å²) in [4.78, 5) is 69.8. The molecule has 2 aromatic rings. The second-order valence-electron chi connectivity index (χ2n) is 24.9. The molecule has 1 aromatic heterocycles. The minimum Gasteiger partial charge on any atom is -0.481 e. The quantitative estimate of drug-likeness (QED) is 0.120.